The molecule has 2 aromatic rings. The molecule has 13 N–H and O–H groups in total. The number of nitrogens with one attached hydrogen (secondary N) is 4. The van der Waals surface area contributed by atoms with Crippen LogP contribution in [0.25, 0.3) is 10.9 Å². The number of para-hydroxylation sites is 1. The lowest BCUT2D eigenvalue weighted by molar-refractivity contribution is -0.147. The van der Waals surface area contributed by atoms with E-state index in [4.69, 9.17) is 22.3 Å². The lowest BCUT2D eigenvalue weighted by Crippen LogP contribution is -2.60. The molecule has 2 rings (SSSR count). The van der Waals surface area contributed by atoms with Crippen LogP contribution in [0.4, 0.5) is 0 Å². The van der Waals surface area contributed by atoms with Crippen molar-refractivity contribution < 1.29 is 39.3 Å². The number of carboxylic acids is 2. The van der Waals surface area contributed by atoms with E-state index in [2.05, 4.69) is 25.9 Å². The molecule has 1 aromatic carbocycles. The lowest BCUT2D eigenvalue weighted by Gasteiger charge is -2.26. The zero-order valence-electron chi connectivity index (χ0n) is 22.4. The fourth-order valence-corrected chi connectivity index (χ4v) is 3.98. The Morgan fingerprint density at radius 2 is 1.63 bits per heavy atom. The zero-order chi connectivity index (χ0) is 30.7. The highest BCUT2D eigenvalue weighted by Crippen LogP contribution is 2.18. The number of aliphatic imine (C=N–C) groups is 1. The van der Waals surface area contributed by atoms with Crippen LogP contribution >= 0.6 is 0 Å². The first-order valence-electron chi connectivity index (χ1n) is 12.7. The SMILES string of the molecule is CC(O)C(NC(=O)C(N)Cc1c[nH]c2ccccc12)C(=O)NC(CCCN=C(N)N)C(=O)NC(CC(=O)O)C(=O)O. The van der Waals surface area contributed by atoms with Gasteiger partial charge in [-0.3, -0.25) is 24.2 Å². The number of rotatable bonds is 16. The summed E-state index contributed by atoms with van der Waals surface area (Å²) in [7, 11) is 0. The Balaban J connectivity index is 2.14. The van der Waals surface area contributed by atoms with Crippen molar-refractivity contribution in [1.82, 2.24) is 20.9 Å². The van der Waals surface area contributed by atoms with E-state index in [0.717, 1.165) is 16.5 Å². The van der Waals surface area contributed by atoms with Gasteiger partial charge in [-0.1, -0.05) is 18.2 Å². The number of aromatic nitrogens is 1. The molecule has 0 spiro atoms. The maximum absolute atomic E-state index is 13.1. The molecule has 5 unspecified atom stereocenters. The first kappa shape index (κ1) is 32.5. The van der Waals surface area contributed by atoms with E-state index in [1.807, 2.05) is 24.3 Å². The number of aliphatic hydroxyl groups is 1. The molecular formula is C25H36N8O8. The standard InChI is InChI=1S/C25H36N8O8/c1-12(34)20(33-21(37)15(26)9-13-11-30-16-6-3-2-5-14(13)16)23(39)31-17(7-4-8-29-25(27)28)22(38)32-18(24(40)41)10-19(35)36/h2-3,5-6,11-12,15,17-18,20,30,34H,4,7-10,26H2,1H3,(H,31,39)(H,32,38)(H,33,37)(H,35,36)(H,40,41)(H4,27,28,29). The predicted octanol–water partition coefficient (Wildman–Crippen LogP) is -2.51. The Bertz CT molecular complexity index is 1270. The minimum Gasteiger partial charge on any atom is -0.481 e. The Morgan fingerprint density at radius 1 is 0.976 bits per heavy atom. The van der Waals surface area contributed by atoms with Crippen molar-refractivity contribution in [3.8, 4) is 0 Å². The molecule has 0 aliphatic carbocycles. The van der Waals surface area contributed by atoms with E-state index in [0.29, 0.717) is 0 Å². The molecule has 5 atom stereocenters. The third kappa shape index (κ3) is 10.1. The van der Waals surface area contributed by atoms with Crippen LogP contribution < -0.4 is 33.2 Å². The summed E-state index contributed by atoms with van der Waals surface area (Å²) in [6.45, 7) is 1.32. The van der Waals surface area contributed by atoms with Gasteiger partial charge in [0.05, 0.1) is 18.6 Å². The van der Waals surface area contributed by atoms with Crippen LogP contribution in [0.15, 0.2) is 35.5 Å². The number of amides is 3. The number of aliphatic hydroxyl groups excluding tert-OH is 1. The van der Waals surface area contributed by atoms with Gasteiger partial charge >= 0.3 is 11.9 Å². The van der Waals surface area contributed by atoms with Crippen molar-refractivity contribution in [2.75, 3.05) is 6.54 Å². The largest absolute Gasteiger partial charge is 0.481 e. The van der Waals surface area contributed by atoms with Gasteiger partial charge in [-0.05, 0) is 37.8 Å². The fraction of sp³-hybridized carbons (Fsp3) is 0.440. The average molecular weight is 577 g/mol. The minimum atomic E-state index is -1.77. The normalized spacial score (nSPS) is 14.6. The molecule has 0 aliphatic rings. The molecular weight excluding hydrogens is 540 g/mol. The van der Waals surface area contributed by atoms with Crippen molar-refractivity contribution in [3.05, 3.63) is 36.0 Å². The van der Waals surface area contributed by atoms with E-state index in [1.54, 1.807) is 6.20 Å². The summed E-state index contributed by atoms with van der Waals surface area (Å²) in [4.78, 5) is 68.1. The number of guanidine groups is 1. The molecule has 1 aromatic heterocycles. The lowest BCUT2D eigenvalue weighted by atomic mass is 10.0. The Hall–Kier alpha value is -4.70. The number of aliphatic carboxylic acids is 2. The molecule has 41 heavy (non-hydrogen) atoms. The van der Waals surface area contributed by atoms with E-state index in [-0.39, 0.29) is 31.8 Å². The highest BCUT2D eigenvalue weighted by atomic mass is 16.4. The van der Waals surface area contributed by atoms with Gasteiger partial charge in [-0.25, -0.2) is 4.79 Å². The number of aromatic amines is 1. The number of hydrogen-bond acceptors (Lipinski definition) is 8. The van der Waals surface area contributed by atoms with Gasteiger partial charge in [0.1, 0.15) is 18.1 Å². The zero-order valence-corrected chi connectivity index (χ0v) is 22.4. The number of carbonyl (C=O) groups excluding carboxylic acids is 3. The van der Waals surface area contributed by atoms with Gasteiger partial charge in [-0.2, -0.15) is 0 Å². The van der Waals surface area contributed by atoms with Crippen LogP contribution in [0, 0.1) is 0 Å². The molecule has 16 nitrogen and oxygen atoms in total. The van der Waals surface area contributed by atoms with Gasteiger partial charge < -0.3 is 53.5 Å². The number of carbonyl (C=O) groups is 5. The second-order valence-corrected chi connectivity index (χ2v) is 9.40. The second-order valence-electron chi connectivity index (χ2n) is 9.40. The molecule has 0 saturated carbocycles. The van der Waals surface area contributed by atoms with Crippen molar-refractivity contribution in [2.45, 2.75) is 62.9 Å². The van der Waals surface area contributed by atoms with Crippen LogP contribution in [0.1, 0.15) is 31.7 Å². The molecule has 0 bridgehead atoms. The average Bonchev–Trinajstić information content (AvgIpc) is 3.30. The Labute approximate surface area is 234 Å². The number of carboxylic acid groups (broad SMARTS) is 2. The molecule has 16 heteroatoms. The molecule has 0 aliphatic heterocycles. The van der Waals surface area contributed by atoms with Gasteiger partial charge in [0, 0.05) is 23.6 Å². The van der Waals surface area contributed by atoms with Crippen molar-refractivity contribution in [2.24, 2.45) is 22.2 Å². The molecule has 0 saturated heterocycles. The molecule has 0 radical (unpaired) electrons. The van der Waals surface area contributed by atoms with Crippen LogP contribution in [-0.2, 0) is 30.4 Å². The van der Waals surface area contributed by atoms with Crippen molar-refractivity contribution >= 4 is 46.5 Å². The number of nitrogens with zero attached hydrogens (tertiary/aromatic N) is 1. The van der Waals surface area contributed by atoms with Gasteiger partial charge in [0.2, 0.25) is 17.7 Å². The first-order valence-corrected chi connectivity index (χ1v) is 12.7. The highest BCUT2D eigenvalue weighted by Gasteiger charge is 2.33. The fourth-order valence-electron chi connectivity index (χ4n) is 3.98. The van der Waals surface area contributed by atoms with Crippen LogP contribution in [0.2, 0.25) is 0 Å². The van der Waals surface area contributed by atoms with Crippen molar-refractivity contribution in [1.29, 1.82) is 0 Å². The monoisotopic (exact) mass is 576 g/mol. The second kappa shape index (κ2) is 15.2. The van der Waals surface area contributed by atoms with Crippen LogP contribution in [0.5, 0.6) is 0 Å². The summed E-state index contributed by atoms with van der Waals surface area (Å²) in [6, 6.07) is 1.64. The summed E-state index contributed by atoms with van der Waals surface area (Å²) in [5.74, 6) is -5.96. The summed E-state index contributed by atoms with van der Waals surface area (Å²) in [5, 5.41) is 36.2. The van der Waals surface area contributed by atoms with Gasteiger partial charge in [-0.15, -0.1) is 0 Å². The van der Waals surface area contributed by atoms with Gasteiger partial charge in [0.25, 0.3) is 0 Å². The molecule has 0 fully saturated rings. The van der Waals surface area contributed by atoms with Crippen LogP contribution in [-0.4, -0.2) is 92.7 Å². The predicted molar refractivity (Wildman–Crippen MR) is 147 cm³/mol. The summed E-state index contributed by atoms with van der Waals surface area (Å²) < 4.78 is 0. The third-order valence-corrected chi connectivity index (χ3v) is 6.09. The third-order valence-electron chi connectivity index (χ3n) is 6.09. The maximum atomic E-state index is 13.1. The minimum absolute atomic E-state index is 0.0682. The summed E-state index contributed by atoms with van der Waals surface area (Å²) >= 11 is 0. The maximum Gasteiger partial charge on any atom is 0.326 e. The number of hydrogen-bond donors (Lipinski definition) is 10. The number of fused-ring (bicyclic) bond motifs is 1. The summed E-state index contributed by atoms with van der Waals surface area (Å²) in [5.41, 5.74) is 18.3. The quantitative estimate of drug-likeness (QED) is 0.0565. The van der Waals surface area contributed by atoms with Crippen LogP contribution in [0.3, 0.4) is 0 Å². The van der Waals surface area contributed by atoms with Gasteiger partial charge in [0.15, 0.2) is 5.96 Å². The number of H-pyrrole nitrogens is 1. The molecule has 1 heterocycles. The van der Waals surface area contributed by atoms with E-state index in [9.17, 15) is 34.2 Å². The molecule has 3 amide bonds. The first-order chi connectivity index (χ1) is 19.3. The van der Waals surface area contributed by atoms with E-state index >= 15 is 0 Å². The Morgan fingerprint density at radius 3 is 2.24 bits per heavy atom. The number of benzene rings is 1. The van der Waals surface area contributed by atoms with E-state index in [1.165, 1.54) is 6.92 Å². The van der Waals surface area contributed by atoms with E-state index < -0.39 is 66.4 Å². The summed E-state index contributed by atoms with van der Waals surface area (Å²) in [6.07, 6.45) is -0.404. The topological polar surface area (TPSA) is 288 Å². The Kier molecular flexibility index (Phi) is 12.0. The molecule has 224 valence electrons. The van der Waals surface area contributed by atoms with Crippen molar-refractivity contribution in [3.63, 3.8) is 0 Å². The smallest absolute Gasteiger partial charge is 0.326 e. The highest BCUT2D eigenvalue weighted by molar-refractivity contribution is 5.95. The number of nitrogens with two attached hydrogens (primary N) is 3.